The molecule has 0 aliphatic carbocycles. The SMILES string of the molecule is O=C(O)c1cnn(-c2ccc(-c3cc4ncccn4n3)cc2)c1. The Morgan fingerprint density at radius 3 is 2.70 bits per heavy atom. The predicted octanol–water partition coefficient (Wildman–Crippen LogP) is 2.28. The van der Waals surface area contributed by atoms with Crippen molar-refractivity contribution in [3.05, 3.63) is 66.7 Å². The second-order valence-corrected chi connectivity index (χ2v) is 4.98. The van der Waals surface area contributed by atoms with Crippen LogP contribution in [0.25, 0.3) is 22.6 Å². The van der Waals surface area contributed by atoms with E-state index in [2.05, 4.69) is 15.2 Å². The van der Waals surface area contributed by atoms with Gasteiger partial charge in [0, 0.05) is 30.2 Å². The number of carboxylic acid groups (broad SMARTS) is 1. The molecule has 0 atom stereocenters. The highest BCUT2D eigenvalue weighted by molar-refractivity contribution is 5.87. The quantitative estimate of drug-likeness (QED) is 0.627. The van der Waals surface area contributed by atoms with Crippen molar-refractivity contribution in [1.29, 1.82) is 0 Å². The number of carboxylic acids is 1. The summed E-state index contributed by atoms with van der Waals surface area (Å²) in [6.45, 7) is 0. The fourth-order valence-electron chi connectivity index (χ4n) is 2.33. The zero-order chi connectivity index (χ0) is 15.8. The molecule has 1 aromatic carbocycles. The number of carbonyl (C=O) groups is 1. The van der Waals surface area contributed by atoms with E-state index < -0.39 is 5.97 Å². The van der Waals surface area contributed by atoms with Crippen molar-refractivity contribution in [3.8, 4) is 16.9 Å². The van der Waals surface area contributed by atoms with E-state index in [-0.39, 0.29) is 5.56 Å². The molecule has 7 heteroatoms. The number of fused-ring (bicyclic) bond motifs is 1. The van der Waals surface area contributed by atoms with Crippen LogP contribution in [-0.2, 0) is 0 Å². The molecule has 1 N–H and O–H groups in total. The van der Waals surface area contributed by atoms with Crippen molar-refractivity contribution < 1.29 is 9.90 Å². The Morgan fingerprint density at radius 2 is 2.00 bits per heavy atom. The van der Waals surface area contributed by atoms with E-state index >= 15 is 0 Å². The summed E-state index contributed by atoms with van der Waals surface area (Å²) in [5, 5.41) is 17.5. The van der Waals surface area contributed by atoms with Crippen LogP contribution < -0.4 is 0 Å². The zero-order valence-corrected chi connectivity index (χ0v) is 11.9. The Kier molecular flexibility index (Phi) is 2.90. The lowest BCUT2D eigenvalue weighted by atomic mass is 10.1. The van der Waals surface area contributed by atoms with Gasteiger partial charge >= 0.3 is 5.97 Å². The number of hydrogen-bond acceptors (Lipinski definition) is 4. The lowest BCUT2D eigenvalue weighted by Gasteiger charge is -2.02. The van der Waals surface area contributed by atoms with Crippen LogP contribution in [0.1, 0.15) is 10.4 Å². The van der Waals surface area contributed by atoms with Gasteiger partial charge < -0.3 is 5.11 Å². The average molecular weight is 305 g/mol. The summed E-state index contributed by atoms with van der Waals surface area (Å²) in [6.07, 6.45) is 6.37. The smallest absolute Gasteiger partial charge is 0.338 e. The third-order valence-corrected chi connectivity index (χ3v) is 3.49. The molecule has 0 aliphatic heterocycles. The predicted molar refractivity (Wildman–Crippen MR) is 82.5 cm³/mol. The maximum absolute atomic E-state index is 10.9. The third kappa shape index (κ3) is 2.34. The number of benzene rings is 1. The topological polar surface area (TPSA) is 85.3 Å². The minimum atomic E-state index is -0.995. The number of aromatic nitrogens is 5. The number of rotatable bonds is 3. The standard InChI is InChI=1S/C16H11N5O2/c22-16(23)12-9-18-21(10-12)13-4-2-11(3-5-13)14-8-15-17-6-1-7-20(15)19-14/h1-10H,(H,22,23). The summed E-state index contributed by atoms with van der Waals surface area (Å²) in [5.74, 6) is -0.995. The molecule has 0 aliphatic rings. The van der Waals surface area contributed by atoms with Crippen molar-refractivity contribution >= 4 is 11.6 Å². The van der Waals surface area contributed by atoms with Crippen LogP contribution in [0.5, 0.6) is 0 Å². The van der Waals surface area contributed by atoms with Crippen molar-refractivity contribution in [1.82, 2.24) is 24.4 Å². The summed E-state index contributed by atoms with van der Waals surface area (Å²) < 4.78 is 3.24. The number of nitrogens with zero attached hydrogens (tertiary/aromatic N) is 5. The zero-order valence-electron chi connectivity index (χ0n) is 11.9. The lowest BCUT2D eigenvalue weighted by molar-refractivity contribution is 0.0697. The van der Waals surface area contributed by atoms with E-state index in [1.54, 1.807) is 10.7 Å². The van der Waals surface area contributed by atoms with Crippen LogP contribution in [0.3, 0.4) is 0 Å². The highest BCUT2D eigenvalue weighted by Crippen LogP contribution is 2.20. The molecule has 4 aromatic rings. The Hall–Kier alpha value is -3.48. The summed E-state index contributed by atoms with van der Waals surface area (Å²) in [7, 11) is 0. The first-order valence-corrected chi connectivity index (χ1v) is 6.90. The first kappa shape index (κ1) is 13.2. The van der Waals surface area contributed by atoms with E-state index in [4.69, 9.17) is 5.11 Å². The summed E-state index contributed by atoms with van der Waals surface area (Å²) >= 11 is 0. The first-order valence-electron chi connectivity index (χ1n) is 6.90. The summed E-state index contributed by atoms with van der Waals surface area (Å²) in [4.78, 5) is 15.1. The maximum Gasteiger partial charge on any atom is 0.338 e. The molecule has 4 rings (SSSR count). The van der Waals surface area contributed by atoms with Gasteiger partial charge in [0.25, 0.3) is 0 Å². The van der Waals surface area contributed by atoms with Gasteiger partial charge in [-0.15, -0.1) is 0 Å². The normalized spacial score (nSPS) is 11.0. The van der Waals surface area contributed by atoms with Crippen molar-refractivity contribution in [2.45, 2.75) is 0 Å². The largest absolute Gasteiger partial charge is 0.478 e. The summed E-state index contributed by atoms with van der Waals surface area (Å²) in [5.41, 5.74) is 3.49. The molecule has 7 nitrogen and oxygen atoms in total. The van der Waals surface area contributed by atoms with E-state index in [0.717, 1.165) is 22.6 Å². The Bertz CT molecular complexity index is 968. The molecular weight excluding hydrogens is 294 g/mol. The Balaban J connectivity index is 1.68. The average Bonchev–Trinajstić information content (AvgIpc) is 3.22. The molecule has 0 fully saturated rings. The van der Waals surface area contributed by atoms with Gasteiger partial charge in [0.15, 0.2) is 5.65 Å². The monoisotopic (exact) mass is 305 g/mol. The molecule has 3 heterocycles. The fraction of sp³-hybridized carbons (Fsp3) is 0. The highest BCUT2D eigenvalue weighted by Gasteiger charge is 2.08. The van der Waals surface area contributed by atoms with E-state index in [0.29, 0.717) is 0 Å². The van der Waals surface area contributed by atoms with Gasteiger partial charge in [0.05, 0.1) is 23.1 Å². The van der Waals surface area contributed by atoms with Gasteiger partial charge in [0.2, 0.25) is 0 Å². The molecule has 0 spiro atoms. The maximum atomic E-state index is 10.9. The van der Waals surface area contributed by atoms with Crippen LogP contribution in [-0.4, -0.2) is 35.5 Å². The van der Waals surface area contributed by atoms with Crippen LogP contribution in [0.2, 0.25) is 0 Å². The number of hydrogen-bond donors (Lipinski definition) is 1. The van der Waals surface area contributed by atoms with Crippen LogP contribution in [0.15, 0.2) is 61.2 Å². The number of aromatic carboxylic acids is 1. The van der Waals surface area contributed by atoms with Gasteiger partial charge in [-0.25, -0.2) is 19.0 Å². The molecule has 0 unspecified atom stereocenters. The molecule has 0 saturated carbocycles. The first-order chi connectivity index (χ1) is 11.2. The van der Waals surface area contributed by atoms with Crippen LogP contribution in [0.4, 0.5) is 0 Å². The van der Waals surface area contributed by atoms with E-state index in [1.165, 1.54) is 17.1 Å². The second-order valence-electron chi connectivity index (χ2n) is 4.98. The van der Waals surface area contributed by atoms with Crippen LogP contribution in [0, 0.1) is 0 Å². The minimum Gasteiger partial charge on any atom is -0.478 e. The summed E-state index contributed by atoms with van der Waals surface area (Å²) in [6, 6.07) is 11.3. The fourth-order valence-corrected chi connectivity index (χ4v) is 2.33. The third-order valence-electron chi connectivity index (χ3n) is 3.49. The van der Waals surface area contributed by atoms with Gasteiger partial charge in [-0.05, 0) is 18.2 Å². The van der Waals surface area contributed by atoms with Crippen molar-refractivity contribution in [2.24, 2.45) is 0 Å². The van der Waals surface area contributed by atoms with Gasteiger partial charge in [-0.1, -0.05) is 12.1 Å². The molecule has 3 aromatic heterocycles. The molecule has 0 radical (unpaired) electrons. The Morgan fingerprint density at radius 1 is 1.17 bits per heavy atom. The highest BCUT2D eigenvalue weighted by atomic mass is 16.4. The van der Waals surface area contributed by atoms with Gasteiger partial charge in [-0.2, -0.15) is 10.2 Å². The molecule has 0 bridgehead atoms. The second kappa shape index (κ2) is 5.06. The lowest BCUT2D eigenvalue weighted by Crippen LogP contribution is -1.95. The van der Waals surface area contributed by atoms with Crippen molar-refractivity contribution in [2.75, 3.05) is 0 Å². The van der Waals surface area contributed by atoms with Crippen molar-refractivity contribution in [3.63, 3.8) is 0 Å². The van der Waals surface area contributed by atoms with E-state index in [9.17, 15) is 4.79 Å². The minimum absolute atomic E-state index is 0.153. The Labute approximate surface area is 130 Å². The molecular formula is C16H11N5O2. The van der Waals surface area contributed by atoms with Gasteiger partial charge in [-0.3, -0.25) is 0 Å². The molecule has 0 amide bonds. The molecule has 23 heavy (non-hydrogen) atoms. The van der Waals surface area contributed by atoms with Gasteiger partial charge in [0.1, 0.15) is 0 Å². The molecule has 0 saturated heterocycles. The molecule has 112 valence electrons. The van der Waals surface area contributed by atoms with Crippen LogP contribution >= 0.6 is 0 Å². The van der Waals surface area contributed by atoms with E-state index in [1.807, 2.05) is 42.6 Å².